The predicted octanol–water partition coefficient (Wildman–Crippen LogP) is 1.20. The van der Waals surface area contributed by atoms with Crippen molar-refractivity contribution in [2.24, 2.45) is 0 Å². The van der Waals surface area contributed by atoms with Crippen LogP contribution in [0.2, 0.25) is 0 Å². The van der Waals surface area contributed by atoms with Crippen molar-refractivity contribution >= 4 is 5.91 Å². The molecule has 2 heterocycles. The summed E-state index contributed by atoms with van der Waals surface area (Å²) in [6, 6.07) is -0.324. The van der Waals surface area contributed by atoms with Crippen LogP contribution in [0.1, 0.15) is 24.2 Å². The predicted molar refractivity (Wildman–Crippen MR) is 70.2 cm³/mol. The summed E-state index contributed by atoms with van der Waals surface area (Å²) in [6.45, 7) is 4.23. The molecule has 0 saturated heterocycles. The zero-order chi connectivity index (χ0) is 13.8. The van der Waals surface area contributed by atoms with Crippen LogP contribution in [0.4, 0.5) is 0 Å². The zero-order valence-corrected chi connectivity index (χ0v) is 11.3. The van der Waals surface area contributed by atoms with Crippen LogP contribution in [0.3, 0.4) is 0 Å². The van der Waals surface area contributed by atoms with E-state index < -0.39 is 0 Å². The Morgan fingerprint density at radius 3 is 2.79 bits per heavy atom. The van der Waals surface area contributed by atoms with Gasteiger partial charge in [0.15, 0.2) is 0 Å². The molecule has 0 saturated carbocycles. The van der Waals surface area contributed by atoms with Gasteiger partial charge >= 0.3 is 0 Å². The maximum absolute atomic E-state index is 12.3. The molecular weight excluding hydrogens is 242 g/mol. The van der Waals surface area contributed by atoms with Crippen molar-refractivity contribution in [1.82, 2.24) is 24.6 Å². The lowest BCUT2D eigenvalue weighted by Crippen LogP contribution is -2.33. The van der Waals surface area contributed by atoms with Gasteiger partial charge in [-0.25, -0.2) is 0 Å². The van der Waals surface area contributed by atoms with Gasteiger partial charge in [0.2, 0.25) is 5.91 Å². The van der Waals surface area contributed by atoms with Crippen LogP contribution in [-0.2, 0) is 11.3 Å². The molecule has 2 aromatic rings. The summed E-state index contributed by atoms with van der Waals surface area (Å²) in [6.07, 6.45) is 8.49. The number of likely N-dealkylation sites (N-methyl/N-ethyl adjacent to an activating group) is 1. The molecule has 0 fully saturated rings. The van der Waals surface area contributed by atoms with Crippen molar-refractivity contribution in [3.63, 3.8) is 0 Å². The Bertz CT molecular complexity index is 551. The monoisotopic (exact) mass is 259 g/mol. The molecule has 6 heteroatoms. The van der Waals surface area contributed by atoms with E-state index in [9.17, 15) is 4.79 Å². The molecule has 0 radical (unpaired) electrons. The smallest absolute Gasteiger partial charge is 0.247 e. The molecule has 100 valence electrons. The van der Waals surface area contributed by atoms with E-state index in [0.717, 1.165) is 11.3 Å². The van der Waals surface area contributed by atoms with Crippen LogP contribution in [0.15, 0.2) is 31.0 Å². The number of aryl methyl sites for hydroxylation is 1. The largest absolute Gasteiger partial charge is 0.338 e. The van der Waals surface area contributed by atoms with Crippen LogP contribution in [-0.4, -0.2) is 37.6 Å². The quantitative estimate of drug-likeness (QED) is 0.827. The van der Waals surface area contributed by atoms with Gasteiger partial charge in [0.05, 0.1) is 24.6 Å². The fourth-order valence-corrected chi connectivity index (χ4v) is 1.81. The standard InChI is InChI=1S/C13H17N5O/c1-10-6-16-18(8-10)11(2)13(19)17(3)9-12-7-14-4-5-15-12/h4-8,11H,9H2,1-3H3/t11-/m0/s1. The molecular formula is C13H17N5O. The Hall–Kier alpha value is -2.24. The van der Waals surface area contributed by atoms with E-state index >= 15 is 0 Å². The number of nitrogens with zero attached hydrogens (tertiary/aromatic N) is 5. The van der Waals surface area contributed by atoms with Gasteiger partial charge in [0.1, 0.15) is 6.04 Å². The number of amides is 1. The van der Waals surface area contributed by atoms with Gasteiger partial charge in [-0.1, -0.05) is 0 Å². The highest BCUT2D eigenvalue weighted by Crippen LogP contribution is 2.10. The van der Waals surface area contributed by atoms with E-state index in [-0.39, 0.29) is 11.9 Å². The molecule has 2 rings (SSSR count). The molecule has 1 amide bonds. The third-order valence-electron chi connectivity index (χ3n) is 2.88. The minimum Gasteiger partial charge on any atom is -0.338 e. The van der Waals surface area contributed by atoms with Crippen molar-refractivity contribution in [2.45, 2.75) is 26.4 Å². The molecule has 0 unspecified atom stereocenters. The van der Waals surface area contributed by atoms with Gasteiger partial charge in [0.25, 0.3) is 0 Å². The van der Waals surface area contributed by atoms with Crippen molar-refractivity contribution < 1.29 is 4.79 Å². The number of rotatable bonds is 4. The highest BCUT2D eigenvalue weighted by atomic mass is 16.2. The Labute approximate surface area is 112 Å². The molecule has 0 aliphatic heterocycles. The molecule has 0 aliphatic carbocycles. The SMILES string of the molecule is Cc1cnn([C@@H](C)C(=O)N(C)Cc2cnccn2)c1. The van der Waals surface area contributed by atoms with E-state index in [1.807, 2.05) is 20.0 Å². The van der Waals surface area contributed by atoms with E-state index in [0.29, 0.717) is 6.54 Å². The second-order valence-corrected chi connectivity index (χ2v) is 4.56. The lowest BCUT2D eigenvalue weighted by atomic mass is 10.3. The summed E-state index contributed by atoms with van der Waals surface area (Å²) < 4.78 is 1.67. The summed E-state index contributed by atoms with van der Waals surface area (Å²) in [7, 11) is 1.75. The van der Waals surface area contributed by atoms with Gasteiger partial charge in [-0.2, -0.15) is 5.10 Å². The zero-order valence-electron chi connectivity index (χ0n) is 11.3. The van der Waals surface area contributed by atoms with Crippen LogP contribution >= 0.6 is 0 Å². The fraction of sp³-hybridized carbons (Fsp3) is 0.385. The molecule has 0 bridgehead atoms. The lowest BCUT2D eigenvalue weighted by Gasteiger charge is -2.21. The van der Waals surface area contributed by atoms with Gasteiger partial charge in [0, 0.05) is 25.6 Å². The van der Waals surface area contributed by atoms with E-state index in [4.69, 9.17) is 0 Å². The number of carbonyl (C=O) groups is 1. The number of hydrogen-bond acceptors (Lipinski definition) is 4. The first-order valence-electron chi connectivity index (χ1n) is 6.08. The van der Waals surface area contributed by atoms with Crippen molar-refractivity contribution in [2.75, 3.05) is 7.05 Å². The average molecular weight is 259 g/mol. The van der Waals surface area contributed by atoms with Gasteiger partial charge in [-0.3, -0.25) is 19.4 Å². The first-order valence-corrected chi connectivity index (χ1v) is 6.08. The van der Waals surface area contributed by atoms with Crippen molar-refractivity contribution in [3.8, 4) is 0 Å². The molecule has 0 N–H and O–H groups in total. The third kappa shape index (κ3) is 3.15. The minimum absolute atomic E-state index is 0.00578. The van der Waals surface area contributed by atoms with Crippen LogP contribution in [0.25, 0.3) is 0 Å². The minimum atomic E-state index is -0.324. The molecule has 19 heavy (non-hydrogen) atoms. The summed E-state index contributed by atoms with van der Waals surface area (Å²) in [4.78, 5) is 22.0. The molecule has 2 aromatic heterocycles. The highest BCUT2D eigenvalue weighted by Gasteiger charge is 2.20. The normalized spacial score (nSPS) is 12.2. The first-order chi connectivity index (χ1) is 9.08. The average Bonchev–Trinajstić information content (AvgIpc) is 2.85. The van der Waals surface area contributed by atoms with E-state index in [1.54, 1.807) is 41.4 Å². The summed E-state index contributed by atoms with van der Waals surface area (Å²) in [5, 5.41) is 4.17. The Balaban J connectivity index is 2.03. The molecule has 1 atom stereocenters. The van der Waals surface area contributed by atoms with E-state index in [1.165, 1.54) is 0 Å². The summed E-state index contributed by atoms with van der Waals surface area (Å²) >= 11 is 0. The van der Waals surface area contributed by atoms with Crippen LogP contribution in [0, 0.1) is 6.92 Å². The Kier molecular flexibility index (Phi) is 3.89. The molecule has 0 aromatic carbocycles. The van der Waals surface area contributed by atoms with Gasteiger partial charge in [-0.15, -0.1) is 0 Å². The highest BCUT2D eigenvalue weighted by molar-refractivity contribution is 5.79. The van der Waals surface area contributed by atoms with Crippen LogP contribution in [0.5, 0.6) is 0 Å². The van der Waals surface area contributed by atoms with Crippen LogP contribution < -0.4 is 0 Å². The number of aromatic nitrogens is 4. The Morgan fingerprint density at radius 2 is 2.21 bits per heavy atom. The Morgan fingerprint density at radius 1 is 1.42 bits per heavy atom. The lowest BCUT2D eigenvalue weighted by molar-refractivity contribution is -0.133. The maximum Gasteiger partial charge on any atom is 0.247 e. The van der Waals surface area contributed by atoms with E-state index in [2.05, 4.69) is 15.1 Å². The topological polar surface area (TPSA) is 63.9 Å². The van der Waals surface area contributed by atoms with Gasteiger partial charge in [-0.05, 0) is 19.4 Å². The molecule has 0 spiro atoms. The summed E-state index contributed by atoms with van der Waals surface area (Å²) in [5.41, 5.74) is 1.80. The third-order valence-corrected chi connectivity index (χ3v) is 2.88. The van der Waals surface area contributed by atoms with Gasteiger partial charge < -0.3 is 4.90 Å². The second kappa shape index (κ2) is 5.60. The number of carbonyl (C=O) groups excluding carboxylic acids is 1. The fourth-order valence-electron chi connectivity index (χ4n) is 1.81. The number of hydrogen-bond donors (Lipinski definition) is 0. The summed E-state index contributed by atoms with van der Waals surface area (Å²) in [5.74, 6) is -0.00578. The second-order valence-electron chi connectivity index (χ2n) is 4.56. The van der Waals surface area contributed by atoms with Crippen molar-refractivity contribution in [1.29, 1.82) is 0 Å². The molecule has 6 nitrogen and oxygen atoms in total. The van der Waals surface area contributed by atoms with Crippen molar-refractivity contribution in [3.05, 3.63) is 42.2 Å². The maximum atomic E-state index is 12.3. The first kappa shape index (κ1) is 13.2. The molecule has 0 aliphatic rings.